The van der Waals surface area contributed by atoms with Gasteiger partial charge in [-0.15, -0.1) is 0 Å². The monoisotopic (exact) mass is 525 g/mol. The number of ether oxygens (including phenoxy) is 2. The molecule has 0 aromatic carbocycles. The SMILES string of the molecule is CC12CCC3C(CCC4CC(OC(=O)CN5CCOC(CO)C5)CCC43C)C1=CCC2c1ccc(=O)oc1. The van der Waals surface area contributed by atoms with Crippen LogP contribution in [0.25, 0.3) is 0 Å². The highest BCUT2D eigenvalue weighted by molar-refractivity contribution is 5.71. The van der Waals surface area contributed by atoms with Crippen LogP contribution in [0.4, 0.5) is 0 Å². The zero-order valence-electron chi connectivity index (χ0n) is 22.9. The Labute approximate surface area is 225 Å². The van der Waals surface area contributed by atoms with Crippen LogP contribution in [0.3, 0.4) is 0 Å². The van der Waals surface area contributed by atoms with Crippen LogP contribution in [-0.2, 0) is 14.3 Å². The highest BCUT2D eigenvalue weighted by atomic mass is 16.5. The summed E-state index contributed by atoms with van der Waals surface area (Å²) in [4.78, 5) is 26.3. The number of aliphatic hydroxyl groups excluding tert-OH is 1. The van der Waals surface area contributed by atoms with Gasteiger partial charge in [0.05, 0.1) is 32.1 Å². The Balaban J connectivity index is 1.09. The van der Waals surface area contributed by atoms with Gasteiger partial charge >= 0.3 is 11.6 Å². The number of hydrogen-bond donors (Lipinski definition) is 1. The summed E-state index contributed by atoms with van der Waals surface area (Å²) in [6.07, 6.45) is 12.9. The number of nitrogens with zero attached hydrogens (tertiary/aromatic N) is 1. The van der Waals surface area contributed by atoms with Gasteiger partial charge in [-0.3, -0.25) is 9.69 Å². The molecule has 7 heteroatoms. The topological polar surface area (TPSA) is 89.2 Å². The third kappa shape index (κ3) is 4.58. The van der Waals surface area contributed by atoms with Crippen LogP contribution >= 0.6 is 0 Å². The van der Waals surface area contributed by atoms with Crippen molar-refractivity contribution in [2.24, 2.45) is 28.6 Å². The van der Waals surface area contributed by atoms with Crippen molar-refractivity contribution in [3.05, 3.63) is 46.0 Å². The van der Waals surface area contributed by atoms with Crippen molar-refractivity contribution < 1.29 is 23.8 Å². The van der Waals surface area contributed by atoms with Crippen LogP contribution in [-0.4, -0.2) is 61.0 Å². The molecule has 208 valence electrons. The Bertz CT molecular complexity index is 1110. The zero-order chi connectivity index (χ0) is 26.5. The lowest BCUT2D eigenvalue weighted by atomic mass is 9.46. The van der Waals surface area contributed by atoms with Crippen LogP contribution in [0, 0.1) is 28.6 Å². The fraction of sp³-hybridized carbons (Fsp3) is 0.742. The van der Waals surface area contributed by atoms with Gasteiger partial charge in [-0.2, -0.15) is 0 Å². The fourth-order valence-corrected chi connectivity index (χ4v) is 9.17. The van der Waals surface area contributed by atoms with E-state index in [-0.39, 0.29) is 42.4 Å². The van der Waals surface area contributed by atoms with Crippen molar-refractivity contribution in [3.63, 3.8) is 0 Å². The van der Waals surface area contributed by atoms with Crippen molar-refractivity contribution in [1.29, 1.82) is 0 Å². The van der Waals surface area contributed by atoms with E-state index in [2.05, 4.69) is 19.9 Å². The van der Waals surface area contributed by atoms with E-state index in [0.717, 1.165) is 31.2 Å². The van der Waals surface area contributed by atoms with Gasteiger partial charge in [-0.05, 0) is 97.5 Å². The Morgan fingerprint density at radius 1 is 1.18 bits per heavy atom. The van der Waals surface area contributed by atoms with E-state index >= 15 is 0 Å². The molecule has 5 aliphatic rings. The Morgan fingerprint density at radius 2 is 2.05 bits per heavy atom. The van der Waals surface area contributed by atoms with Gasteiger partial charge in [-0.25, -0.2) is 4.79 Å². The summed E-state index contributed by atoms with van der Waals surface area (Å²) in [6, 6.07) is 3.53. The van der Waals surface area contributed by atoms with Crippen molar-refractivity contribution in [2.45, 2.75) is 83.3 Å². The molecule has 1 aromatic rings. The fourth-order valence-electron chi connectivity index (χ4n) is 9.17. The number of aliphatic hydroxyl groups is 1. The second-order valence-electron chi connectivity index (χ2n) is 13.1. The second-order valence-corrected chi connectivity index (χ2v) is 13.1. The highest BCUT2D eigenvalue weighted by Gasteiger charge is 2.58. The standard InChI is InChI=1S/C31H43NO6/c1-30-11-9-22(38-29(35)17-32-13-14-36-23(16-32)18-33)15-21(30)4-5-24-26-7-6-25(20-3-8-28(34)37-19-20)31(26,2)12-10-27(24)30/h3,7-8,19,21-25,27,33H,4-6,9-18H2,1-2H3. The van der Waals surface area contributed by atoms with E-state index in [9.17, 15) is 14.7 Å². The summed E-state index contributed by atoms with van der Waals surface area (Å²) >= 11 is 0. The lowest BCUT2D eigenvalue weighted by molar-refractivity contribution is -0.160. The number of esters is 1. The Hall–Kier alpha value is -1.96. The number of fused-ring (bicyclic) bond motifs is 5. The quantitative estimate of drug-likeness (QED) is 0.453. The normalized spacial score (nSPS) is 41.0. The minimum atomic E-state index is -0.280. The van der Waals surface area contributed by atoms with Gasteiger partial charge < -0.3 is 19.0 Å². The van der Waals surface area contributed by atoms with Gasteiger partial charge in [0.25, 0.3) is 0 Å². The van der Waals surface area contributed by atoms with Crippen LogP contribution in [0.5, 0.6) is 0 Å². The maximum absolute atomic E-state index is 12.8. The molecule has 3 saturated carbocycles. The third-order valence-corrected chi connectivity index (χ3v) is 11.2. The van der Waals surface area contributed by atoms with E-state index in [1.54, 1.807) is 17.9 Å². The summed E-state index contributed by atoms with van der Waals surface area (Å²) in [5.74, 6) is 2.17. The third-order valence-electron chi connectivity index (χ3n) is 11.2. The summed E-state index contributed by atoms with van der Waals surface area (Å²) in [7, 11) is 0. The van der Waals surface area contributed by atoms with E-state index < -0.39 is 0 Å². The smallest absolute Gasteiger partial charge is 0.335 e. The zero-order valence-corrected chi connectivity index (χ0v) is 22.9. The molecule has 2 heterocycles. The Kier molecular flexibility index (Phi) is 7.06. The van der Waals surface area contributed by atoms with Gasteiger partial charge in [0.1, 0.15) is 6.10 Å². The lowest BCUT2D eigenvalue weighted by Gasteiger charge is -2.59. The van der Waals surface area contributed by atoms with Gasteiger partial charge in [0.2, 0.25) is 0 Å². The predicted octanol–water partition coefficient (Wildman–Crippen LogP) is 4.29. The molecule has 0 amide bonds. The predicted molar refractivity (Wildman–Crippen MR) is 143 cm³/mol. The van der Waals surface area contributed by atoms with Crippen molar-refractivity contribution in [1.82, 2.24) is 4.90 Å². The van der Waals surface area contributed by atoms with E-state index in [1.807, 2.05) is 11.0 Å². The molecule has 1 aliphatic heterocycles. The average molecular weight is 526 g/mol. The highest BCUT2D eigenvalue weighted by Crippen LogP contribution is 2.67. The molecular weight excluding hydrogens is 482 g/mol. The number of allylic oxidation sites excluding steroid dienone is 2. The molecule has 7 nitrogen and oxygen atoms in total. The largest absolute Gasteiger partial charge is 0.461 e. The van der Waals surface area contributed by atoms with Gasteiger partial charge in [0.15, 0.2) is 0 Å². The number of morpholine rings is 1. The molecule has 8 atom stereocenters. The Morgan fingerprint density at radius 3 is 2.84 bits per heavy atom. The summed E-state index contributed by atoms with van der Waals surface area (Å²) in [6.45, 7) is 7.06. The van der Waals surface area contributed by atoms with Gasteiger partial charge in [-0.1, -0.05) is 25.5 Å². The maximum Gasteiger partial charge on any atom is 0.335 e. The summed E-state index contributed by atoms with van der Waals surface area (Å²) < 4.78 is 16.8. The minimum Gasteiger partial charge on any atom is -0.461 e. The van der Waals surface area contributed by atoms with Crippen LogP contribution in [0.1, 0.15) is 76.7 Å². The molecule has 0 radical (unpaired) electrons. The minimum absolute atomic E-state index is 0.0162. The molecule has 1 N–H and O–H groups in total. The summed E-state index contributed by atoms with van der Waals surface area (Å²) in [5, 5.41) is 9.37. The molecule has 4 fully saturated rings. The van der Waals surface area contributed by atoms with Crippen molar-refractivity contribution in [2.75, 3.05) is 32.8 Å². The number of hydrogen-bond acceptors (Lipinski definition) is 7. The maximum atomic E-state index is 12.8. The molecule has 6 rings (SSSR count). The molecule has 0 bridgehead atoms. The van der Waals surface area contributed by atoms with E-state index in [4.69, 9.17) is 13.9 Å². The number of carbonyl (C=O) groups is 1. The number of carbonyl (C=O) groups excluding carboxylic acids is 1. The molecular formula is C31H43NO6. The van der Waals surface area contributed by atoms with Crippen LogP contribution in [0.2, 0.25) is 0 Å². The van der Waals surface area contributed by atoms with Crippen molar-refractivity contribution in [3.8, 4) is 0 Å². The van der Waals surface area contributed by atoms with Gasteiger partial charge in [0, 0.05) is 19.2 Å². The molecule has 4 aliphatic carbocycles. The van der Waals surface area contributed by atoms with E-state index in [0.29, 0.717) is 48.8 Å². The first-order valence-corrected chi connectivity index (χ1v) is 14.7. The summed E-state index contributed by atoms with van der Waals surface area (Å²) in [5.41, 5.74) is 2.97. The van der Waals surface area contributed by atoms with E-state index in [1.165, 1.54) is 25.7 Å². The first kappa shape index (κ1) is 26.3. The molecule has 1 saturated heterocycles. The molecule has 1 aromatic heterocycles. The first-order valence-electron chi connectivity index (χ1n) is 14.7. The average Bonchev–Trinajstić information content (AvgIpc) is 3.26. The first-order chi connectivity index (χ1) is 18.3. The molecule has 8 unspecified atom stereocenters. The number of rotatable bonds is 5. The molecule has 0 spiro atoms. The molecule has 38 heavy (non-hydrogen) atoms. The van der Waals surface area contributed by atoms with Crippen molar-refractivity contribution >= 4 is 5.97 Å². The second kappa shape index (κ2) is 10.2. The van der Waals surface area contributed by atoms with Crippen LogP contribution in [0.15, 0.2) is 39.3 Å². The van der Waals surface area contributed by atoms with Crippen LogP contribution < -0.4 is 5.63 Å². The lowest BCUT2D eigenvalue weighted by Crippen LogP contribution is -2.52.